The van der Waals surface area contributed by atoms with E-state index in [2.05, 4.69) is 49.4 Å². The number of rotatable bonds is 7. The van der Waals surface area contributed by atoms with Crippen LogP contribution in [0, 0.1) is 19.7 Å². The fourth-order valence-electron chi connectivity index (χ4n) is 5.04. The molecule has 1 fully saturated rings. The predicted molar refractivity (Wildman–Crippen MR) is 136 cm³/mol. The first-order valence-corrected chi connectivity index (χ1v) is 12.1. The number of hydrogen-bond acceptors (Lipinski definition) is 7. The van der Waals surface area contributed by atoms with E-state index in [9.17, 15) is 9.18 Å². The van der Waals surface area contributed by atoms with Crippen LogP contribution >= 0.6 is 0 Å². The minimum absolute atomic E-state index is 0.151. The Hall–Kier alpha value is -3.63. The Kier molecular flexibility index (Phi) is 6.80. The molecule has 1 aliphatic rings. The molecule has 10 heteroatoms. The van der Waals surface area contributed by atoms with Crippen LogP contribution in [0.5, 0.6) is 0 Å². The zero-order valence-electron chi connectivity index (χ0n) is 20.7. The number of H-pyrrole nitrogens is 1. The summed E-state index contributed by atoms with van der Waals surface area (Å²) in [7, 11) is 1.63. The molecular weight excluding hydrogens is 461 g/mol. The van der Waals surface area contributed by atoms with Crippen molar-refractivity contribution < 1.29 is 9.13 Å². The number of fused-ring (bicyclic) bond motifs is 1. The number of hydrogen-bond donors (Lipinski definition) is 1. The number of ether oxygens (including phenoxy) is 1. The van der Waals surface area contributed by atoms with Gasteiger partial charge in [0.15, 0.2) is 5.82 Å². The van der Waals surface area contributed by atoms with E-state index in [0.29, 0.717) is 37.6 Å². The molecule has 4 aromatic rings. The third kappa shape index (κ3) is 4.74. The Labute approximate surface area is 208 Å². The largest absolute Gasteiger partial charge is 0.383 e. The molecule has 36 heavy (non-hydrogen) atoms. The van der Waals surface area contributed by atoms with E-state index in [1.54, 1.807) is 23.9 Å². The van der Waals surface area contributed by atoms with Gasteiger partial charge >= 0.3 is 0 Å². The average Bonchev–Trinajstić information content (AvgIpc) is 3.33. The van der Waals surface area contributed by atoms with Crippen LogP contribution in [0.4, 0.5) is 10.1 Å². The van der Waals surface area contributed by atoms with Gasteiger partial charge in [0.2, 0.25) is 0 Å². The summed E-state index contributed by atoms with van der Waals surface area (Å²) in [5.41, 5.74) is 4.44. The fourth-order valence-corrected chi connectivity index (χ4v) is 5.04. The monoisotopic (exact) mass is 491 g/mol. The van der Waals surface area contributed by atoms with E-state index >= 15 is 0 Å². The molecule has 0 spiro atoms. The molecule has 1 saturated heterocycles. The van der Waals surface area contributed by atoms with Crippen molar-refractivity contribution in [3.8, 4) is 0 Å². The number of anilines is 1. The lowest BCUT2D eigenvalue weighted by Crippen LogP contribution is -2.49. The summed E-state index contributed by atoms with van der Waals surface area (Å²) in [6.07, 6.45) is 0. The van der Waals surface area contributed by atoms with Gasteiger partial charge in [-0.3, -0.25) is 9.69 Å². The molecule has 188 valence electrons. The number of aromatic nitrogens is 5. The van der Waals surface area contributed by atoms with Crippen LogP contribution in [0.3, 0.4) is 0 Å². The van der Waals surface area contributed by atoms with Crippen molar-refractivity contribution in [2.45, 2.75) is 26.4 Å². The minimum atomic E-state index is -0.429. The molecule has 9 nitrogen and oxygen atoms in total. The summed E-state index contributed by atoms with van der Waals surface area (Å²) >= 11 is 0. The van der Waals surface area contributed by atoms with Gasteiger partial charge < -0.3 is 14.6 Å². The molecule has 1 N–H and O–H groups in total. The number of aromatic amines is 1. The lowest BCUT2D eigenvalue weighted by molar-refractivity contribution is 0.171. The van der Waals surface area contributed by atoms with Crippen LogP contribution < -0.4 is 10.5 Å². The maximum Gasteiger partial charge on any atom is 0.253 e. The molecule has 0 bridgehead atoms. The SMILES string of the molecule is COCCn1nnnc1[C@@H](c1cc2cc(C)cc(C)c2[nH]c1=O)N1CCN(c2ccc(F)cc2)CC1. The minimum Gasteiger partial charge on any atom is -0.383 e. The Bertz CT molecular complexity index is 1410. The highest BCUT2D eigenvalue weighted by molar-refractivity contribution is 5.83. The highest BCUT2D eigenvalue weighted by Crippen LogP contribution is 2.29. The van der Waals surface area contributed by atoms with Gasteiger partial charge in [-0.25, -0.2) is 9.07 Å². The molecule has 2 aromatic carbocycles. The van der Waals surface area contributed by atoms with Crippen LogP contribution in [-0.2, 0) is 11.3 Å². The van der Waals surface area contributed by atoms with Gasteiger partial charge in [0, 0.05) is 44.5 Å². The van der Waals surface area contributed by atoms with E-state index in [-0.39, 0.29) is 11.4 Å². The molecule has 0 unspecified atom stereocenters. The Morgan fingerprint density at radius 3 is 2.56 bits per heavy atom. The van der Waals surface area contributed by atoms with Gasteiger partial charge in [0.1, 0.15) is 11.9 Å². The van der Waals surface area contributed by atoms with E-state index in [4.69, 9.17) is 4.74 Å². The second-order valence-electron chi connectivity index (χ2n) is 9.25. The van der Waals surface area contributed by atoms with Gasteiger partial charge in [0.05, 0.1) is 18.7 Å². The van der Waals surface area contributed by atoms with Crippen LogP contribution in [0.15, 0.2) is 47.3 Å². The highest BCUT2D eigenvalue weighted by Gasteiger charge is 2.32. The molecule has 2 aromatic heterocycles. The second-order valence-corrected chi connectivity index (χ2v) is 9.25. The maximum atomic E-state index is 13.5. The number of halogens is 1. The fraction of sp³-hybridized carbons (Fsp3) is 0.385. The molecule has 3 heterocycles. The van der Waals surface area contributed by atoms with Crippen molar-refractivity contribution >= 4 is 16.6 Å². The summed E-state index contributed by atoms with van der Waals surface area (Å²) in [4.78, 5) is 21.0. The zero-order valence-corrected chi connectivity index (χ0v) is 20.7. The third-order valence-corrected chi connectivity index (χ3v) is 6.80. The molecular formula is C26H30FN7O2. The molecule has 1 atom stereocenters. The van der Waals surface area contributed by atoms with Crippen LogP contribution in [0.2, 0.25) is 0 Å². The van der Waals surface area contributed by atoms with Crippen LogP contribution in [-0.4, -0.2) is 70.0 Å². The summed E-state index contributed by atoms with van der Waals surface area (Å²) < 4.78 is 20.4. The van der Waals surface area contributed by atoms with Gasteiger partial charge in [-0.1, -0.05) is 11.6 Å². The number of tetrazole rings is 1. The number of nitrogens with zero attached hydrogens (tertiary/aromatic N) is 6. The van der Waals surface area contributed by atoms with E-state index in [1.807, 2.05) is 13.0 Å². The first kappa shape index (κ1) is 24.1. The normalized spacial score (nSPS) is 15.5. The van der Waals surface area contributed by atoms with E-state index in [1.165, 1.54) is 12.1 Å². The van der Waals surface area contributed by atoms with Gasteiger partial charge in [0.25, 0.3) is 5.56 Å². The molecule has 5 rings (SSSR count). The molecule has 0 saturated carbocycles. The summed E-state index contributed by atoms with van der Waals surface area (Å²) in [6.45, 7) is 7.81. The number of nitrogens with one attached hydrogen (secondary N) is 1. The molecule has 1 aliphatic heterocycles. The molecule has 0 aliphatic carbocycles. The zero-order chi connectivity index (χ0) is 25.2. The summed E-state index contributed by atoms with van der Waals surface area (Å²) in [6, 6.07) is 12.2. The first-order valence-electron chi connectivity index (χ1n) is 12.1. The van der Waals surface area contributed by atoms with Gasteiger partial charge in [-0.2, -0.15) is 0 Å². The van der Waals surface area contributed by atoms with Gasteiger partial charge in [-0.15, -0.1) is 5.10 Å². The summed E-state index contributed by atoms with van der Waals surface area (Å²) in [5, 5.41) is 13.4. The number of pyridine rings is 1. The van der Waals surface area contributed by atoms with E-state index in [0.717, 1.165) is 40.8 Å². The number of aryl methyl sites for hydroxylation is 2. The lowest BCUT2D eigenvalue weighted by Gasteiger charge is -2.39. The van der Waals surface area contributed by atoms with Crippen molar-refractivity contribution in [3.05, 3.63) is 81.2 Å². The first-order chi connectivity index (χ1) is 17.4. The van der Waals surface area contributed by atoms with Crippen molar-refractivity contribution in [1.29, 1.82) is 0 Å². The van der Waals surface area contributed by atoms with Gasteiger partial charge in [-0.05, 0) is 71.6 Å². The van der Waals surface area contributed by atoms with Crippen molar-refractivity contribution in [2.24, 2.45) is 0 Å². The summed E-state index contributed by atoms with van der Waals surface area (Å²) in [5.74, 6) is 0.359. The average molecular weight is 492 g/mol. The van der Waals surface area contributed by atoms with Crippen molar-refractivity contribution in [1.82, 2.24) is 30.1 Å². The Morgan fingerprint density at radius 1 is 1.08 bits per heavy atom. The lowest BCUT2D eigenvalue weighted by atomic mass is 10.00. The standard InChI is InChI=1S/C26H30FN7O2/c1-17-14-18(2)23-19(15-17)16-22(26(35)28-23)24(25-29-30-31-34(25)12-13-36-3)33-10-8-32(9-11-33)21-6-4-20(27)5-7-21/h4-7,14-16,24H,8-13H2,1-3H3,(H,28,35)/t24-/m1/s1. The van der Waals surface area contributed by atoms with E-state index < -0.39 is 6.04 Å². The Morgan fingerprint density at radius 2 is 1.83 bits per heavy atom. The third-order valence-electron chi connectivity index (χ3n) is 6.80. The number of piperazine rings is 1. The topological polar surface area (TPSA) is 92.2 Å². The van der Waals surface area contributed by atoms with Crippen LogP contribution in [0.25, 0.3) is 10.9 Å². The molecule has 0 amide bonds. The maximum absolute atomic E-state index is 13.5. The second kappa shape index (κ2) is 10.2. The number of benzene rings is 2. The number of methoxy groups -OCH3 is 1. The Balaban J connectivity index is 1.53. The molecule has 0 radical (unpaired) electrons. The van der Waals surface area contributed by atoms with Crippen LogP contribution in [0.1, 0.15) is 28.6 Å². The smallest absolute Gasteiger partial charge is 0.253 e. The highest BCUT2D eigenvalue weighted by atomic mass is 19.1. The predicted octanol–water partition coefficient (Wildman–Crippen LogP) is 2.83. The van der Waals surface area contributed by atoms with Crippen molar-refractivity contribution in [2.75, 3.05) is 44.8 Å². The van der Waals surface area contributed by atoms with Crippen molar-refractivity contribution in [3.63, 3.8) is 0 Å². The quantitative estimate of drug-likeness (QED) is 0.425.